The number of ketones is 1. The highest BCUT2D eigenvalue weighted by atomic mass is 16.2. The number of carbonyl (C=O) groups is 2. The van der Waals surface area contributed by atoms with Crippen molar-refractivity contribution < 1.29 is 9.59 Å². The van der Waals surface area contributed by atoms with E-state index >= 15 is 0 Å². The quantitative estimate of drug-likeness (QED) is 0.759. The first kappa shape index (κ1) is 20.2. The van der Waals surface area contributed by atoms with E-state index in [2.05, 4.69) is 22.0 Å². The van der Waals surface area contributed by atoms with E-state index in [4.69, 9.17) is 0 Å². The number of fused-ring (bicyclic) bond motifs is 1. The lowest BCUT2D eigenvalue weighted by molar-refractivity contribution is -0.124. The fourth-order valence-electron chi connectivity index (χ4n) is 4.29. The Morgan fingerprint density at radius 1 is 1.28 bits per heavy atom. The second-order valence-corrected chi connectivity index (χ2v) is 7.87. The topological polar surface area (TPSA) is 55.9 Å². The van der Waals surface area contributed by atoms with Gasteiger partial charge in [-0.3, -0.25) is 9.69 Å². The molecule has 1 N–H and O–H groups in total. The van der Waals surface area contributed by atoms with Crippen molar-refractivity contribution in [2.75, 3.05) is 46.8 Å². The SMILES string of the molecule is CCCN1C[C@@H](NC(=O)N(CC)CCN(C)C)CC2CC(=O)CC[C@H]21. The lowest BCUT2D eigenvalue weighted by Gasteiger charge is -2.47. The molecule has 2 rings (SSSR count). The van der Waals surface area contributed by atoms with Gasteiger partial charge in [-0.25, -0.2) is 4.79 Å². The zero-order valence-electron chi connectivity index (χ0n) is 16.5. The molecule has 2 aliphatic rings. The molecule has 0 spiro atoms. The fourth-order valence-corrected chi connectivity index (χ4v) is 4.29. The van der Waals surface area contributed by atoms with Crippen LogP contribution in [0.2, 0.25) is 0 Å². The number of rotatable bonds is 7. The van der Waals surface area contributed by atoms with E-state index in [1.807, 2.05) is 25.9 Å². The number of hydrogen-bond acceptors (Lipinski definition) is 4. The zero-order valence-corrected chi connectivity index (χ0v) is 16.5. The maximum atomic E-state index is 12.7. The van der Waals surface area contributed by atoms with Crippen LogP contribution >= 0.6 is 0 Å². The van der Waals surface area contributed by atoms with Crippen molar-refractivity contribution in [2.24, 2.45) is 5.92 Å². The Morgan fingerprint density at radius 3 is 2.68 bits per heavy atom. The van der Waals surface area contributed by atoms with Gasteiger partial charge in [0.1, 0.15) is 5.78 Å². The van der Waals surface area contributed by atoms with Gasteiger partial charge in [0.2, 0.25) is 0 Å². The molecule has 0 aromatic heterocycles. The van der Waals surface area contributed by atoms with E-state index in [1.165, 1.54) is 0 Å². The summed E-state index contributed by atoms with van der Waals surface area (Å²) < 4.78 is 0. The lowest BCUT2D eigenvalue weighted by Crippen LogP contribution is -2.59. The number of carbonyl (C=O) groups excluding carboxylic acids is 2. The largest absolute Gasteiger partial charge is 0.334 e. The van der Waals surface area contributed by atoms with Gasteiger partial charge in [-0.2, -0.15) is 0 Å². The van der Waals surface area contributed by atoms with Gasteiger partial charge in [-0.05, 0) is 52.7 Å². The number of nitrogens with one attached hydrogen (secondary N) is 1. The van der Waals surface area contributed by atoms with Gasteiger partial charge in [0.15, 0.2) is 0 Å². The van der Waals surface area contributed by atoms with Gasteiger partial charge in [0.05, 0.1) is 0 Å². The molecule has 1 saturated carbocycles. The van der Waals surface area contributed by atoms with Crippen LogP contribution in [0.15, 0.2) is 0 Å². The molecule has 1 aliphatic heterocycles. The molecule has 25 heavy (non-hydrogen) atoms. The number of urea groups is 1. The molecular weight excluding hydrogens is 316 g/mol. The summed E-state index contributed by atoms with van der Waals surface area (Å²) in [6.07, 6.45) is 4.46. The summed E-state index contributed by atoms with van der Waals surface area (Å²) >= 11 is 0. The summed E-state index contributed by atoms with van der Waals surface area (Å²) in [5.74, 6) is 0.801. The highest BCUT2D eigenvalue weighted by molar-refractivity contribution is 5.79. The van der Waals surface area contributed by atoms with E-state index in [1.54, 1.807) is 0 Å². The maximum absolute atomic E-state index is 12.7. The first-order chi connectivity index (χ1) is 11.9. The van der Waals surface area contributed by atoms with Crippen LogP contribution in [-0.4, -0.2) is 85.4 Å². The summed E-state index contributed by atoms with van der Waals surface area (Å²) in [6.45, 7) is 8.52. The molecule has 6 nitrogen and oxygen atoms in total. The normalized spacial score (nSPS) is 27.2. The molecule has 0 bridgehead atoms. The molecular formula is C19H36N4O2. The van der Waals surface area contributed by atoms with E-state index in [-0.39, 0.29) is 12.1 Å². The minimum Gasteiger partial charge on any atom is -0.334 e. The molecule has 2 fully saturated rings. The summed E-state index contributed by atoms with van der Waals surface area (Å²) in [6, 6.07) is 0.716. The summed E-state index contributed by atoms with van der Waals surface area (Å²) in [5.41, 5.74) is 0. The molecule has 1 heterocycles. The maximum Gasteiger partial charge on any atom is 0.317 e. The minimum absolute atomic E-state index is 0.0337. The predicted molar refractivity (Wildman–Crippen MR) is 101 cm³/mol. The minimum atomic E-state index is 0.0337. The van der Waals surface area contributed by atoms with Gasteiger partial charge in [-0.15, -0.1) is 0 Å². The molecule has 0 aromatic rings. The van der Waals surface area contributed by atoms with Crippen molar-refractivity contribution in [3.8, 4) is 0 Å². The van der Waals surface area contributed by atoms with Crippen molar-refractivity contribution in [1.82, 2.24) is 20.0 Å². The van der Waals surface area contributed by atoms with Crippen molar-refractivity contribution in [2.45, 2.75) is 58.0 Å². The van der Waals surface area contributed by atoms with E-state index < -0.39 is 0 Å². The molecule has 144 valence electrons. The van der Waals surface area contributed by atoms with Gasteiger partial charge in [-0.1, -0.05) is 6.92 Å². The number of hydrogen-bond donors (Lipinski definition) is 1. The molecule has 2 amide bonds. The molecule has 1 saturated heterocycles. The number of nitrogens with zero attached hydrogens (tertiary/aromatic N) is 3. The third kappa shape index (κ3) is 5.68. The first-order valence-electron chi connectivity index (χ1n) is 9.90. The summed E-state index contributed by atoms with van der Waals surface area (Å²) in [5, 5.41) is 3.25. The Kier molecular flexibility index (Phi) is 7.69. The van der Waals surface area contributed by atoms with Gasteiger partial charge >= 0.3 is 6.03 Å². The lowest BCUT2D eigenvalue weighted by atomic mass is 9.76. The van der Waals surface area contributed by atoms with E-state index in [0.29, 0.717) is 24.2 Å². The predicted octanol–water partition coefficient (Wildman–Crippen LogP) is 1.80. The molecule has 6 heteroatoms. The van der Waals surface area contributed by atoms with E-state index in [9.17, 15) is 9.59 Å². The molecule has 0 aromatic carbocycles. The number of piperidine rings is 1. The smallest absolute Gasteiger partial charge is 0.317 e. The van der Waals surface area contributed by atoms with Crippen LogP contribution in [0.25, 0.3) is 0 Å². The summed E-state index contributed by atoms with van der Waals surface area (Å²) in [7, 11) is 4.05. The van der Waals surface area contributed by atoms with Crippen LogP contribution in [0.1, 0.15) is 46.0 Å². The third-order valence-electron chi connectivity index (χ3n) is 5.59. The van der Waals surface area contributed by atoms with Crippen molar-refractivity contribution >= 4 is 11.8 Å². The fraction of sp³-hybridized carbons (Fsp3) is 0.895. The van der Waals surface area contributed by atoms with Crippen LogP contribution in [0.3, 0.4) is 0 Å². The number of likely N-dealkylation sites (tertiary alicyclic amines) is 1. The van der Waals surface area contributed by atoms with Crippen LogP contribution in [0.4, 0.5) is 4.79 Å². The zero-order chi connectivity index (χ0) is 18.4. The average Bonchev–Trinajstić information content (AvgIpc) is 2.55. The Labute approximate surface area is 152 Å². The first-order valence-corrected chi connectivity index (χ1v) is 9.90. The van der Waals surface area contributed by atoms with Gasteiger partial charge in [0.25, 0.3) is 0 Å². The van der Waals surface area contributed by atoms with Crippen LogP contribution in [-0.2, 0) is 4.79 Å². The summed E-state index contributed by atoms with van der Waals surface area (Å²) in [4.78, 5) is 31.0. The second kappa shape index (κ2) is 9.53. The Hall–Kier alpha value is -1.14. The van der Waals surface area contributed by atoms with E-state index in [0.717, 1.165) is 58.4 Å². The number of amides is 2. The van der Waals surface area contributed by atoms with Crippen molar-refractivity contribution in [1.29, 1.82) is 0 Å². The monoisotopic (exact) mass is 352 g/mol. The Bertz CT molecular complexity index is 455. The molecule has 1 unspecified atom stereocenters. The third-order valence-corrected chi connectivity index (χ3v) is 5.59. The molecule has 1 aliphatic carbocycles. The van der Waals surface area contributed by atoms with Crippen LogP contribution in [0.5, 0.6) is 0 Å². The van der Waals surface area contributed by atoms with Gasteiger partial charge in [0, 0.05) is 51.1 Å². The number of Topliss-reactive ketones (excluding diaryl/α,β-unsaturated/α-hetero) is 1. The highest BCUT2D eigenvalue weighted by Gasteiger charge is 2.39. The Balaban J connectivity index is 1.95. The van der Waals surface area contributed by atoms with Crippen molar-refractivity contribution in [3.63, 3.8) is 0 Å². The standard InChI is InChI=1S/C19H36N4O2/c1-5-9-23-14-16(12-15-13-17(24)7-8-18(15)23)20-19(25)22(6-2)11-10-21(3)4/h15-16,18H,5-14H2,1-4H3,(H,20,25)/t15?,16-,18+/m0/s1. The second-order valence-electron chi connectivity index (χ2n) is 7.87. The van der Waals surface area contributed by atoms with Crippen LogP contribution in [0, 0.1) is 5.92 Å². The van der Waals surface area contributed by atoms with Gasteiger partial charge < -0.3 is 15.1 Å². The highest BCUT2D eigenvalue weighted by Crippen LogP contribution is 2.34. The average molecular weight is 353 g/mol. The molecule has 3 atom stereocenters. The van der Waals surface area contributed by atoms with Crippen molar-refractivity contribution in [3.05, 3.63) is 0 Å². The van der Waals surface area contributed by atoms with Crippen LogP contribution < -0.4 is 5.32 Å². The Morgan fingerprint density at radius 2 is 2.04 bits per heavy atom. The number of likely N-dealkylation sites (N-methyl/N-ethyl adjacent to an activating group) is 2. The molecule has 0 radical (unpaired) electrons.